The predicted octanol–water partition coefficient (Wildman–Crippen LogP) is 2.72. The Labute approximate surface area is 135 Å². The van der Waals surface area contributed by atoms with Crippen LogP contribution in [0.2, 0.25) is 0 Å². The molecular formula is C19H20N2O2. The smallest absolute Gasteiger partial charge is 0.318 e. The van der Waals surface area contributed by atoms with Crippen LogP contribution in [0.1, 0.15) is 42.4 Å². The van der Waals surface area contributed by atoms with Crippen molar-refractivity contribution in [2.24, 2.45) is 5.84 Å². The molecule has 0 aromatic heterocycles. The Kier molecular flexibility index (Phi) is 3.25. The average Bonchev–Trinajstić information content (AvgIpc) is 3.10. The molecule has 2 aliphatic rings. The average molecular weight is 308 g/mol. The molecule has 0 bridgehead atoms. The molecule has 1 atom stereocenters. The number of fused-ring (bicyclic) bond motifs is 2. The van der Waals surface area contributed by atoms with Crippen LogP contribution in [-0.2, 0) is 20.7 Å². The minimum atomic E-state index is -1.12. The largest absolute Gasteiger partial charge is 0.433 e. The van der Waals surface area contributed by atoms with E-state index in [0.29, 0.717) is 0 Å². The minimum absolute atomic E-state index is 0.171. The van der Waals surface area contributed by atoms with Crippen molar-refractivity contribution in [2.75, 3.05) is 0 Å². The molecule has 1 aliphatic carbocycles. The highest BCUT2D eigenvalue weighted by molar-refractivity contribution is 5.87. The number of carbonyl (C=O) groups excluding carboxylic acids is 1. The SMILES string of the molecule is NNC1(c2ccccc2)OC(=O)C2(CCCC2)c2ccccc21. The number of nitrogens with one attached hydrogen (secondary N) is 1. The van der Waals surface area contributed by atoms with Gasteiger partial charge in [0, 0.05) is 11.1 Å². The number of cyclic esters (lactones) is 1. The van der Waals surface area contributed by atoms with E-state index in [4.69, 9.17) is 10.6 Å². The van der Waals surface area contributed by atoms with Crippen molar-refractivity contribution in [3.05, 3.63) is 71.3 Å². The fourth-order valence-corrected chi connectivity index (χ4v) is 4.14. The van der Waals surface area contributed by atoms with Crippen LogP contribution in [0.5, 0.6) is 0 Å². The number of hydrogen-bond donors (Lipinski definition) is 2. The summed E-state index contributed by atoms with van der Waals surface area (Å²) >= 11 is 0. The Hall–Kier alpha value is -2.17. The summed E-state index contributed by atoms with van der Waals surface area (Å²) in [4.78, 5) is 13.0. The number of esters is 1. The zero-order chi connectivity index (χ0) is 15.9. The van der Waals surface area contributed by atoms with Gasteiger partial charge in [-0.05, 0) is 18.4 Å². The Morgan fingerprint density at radius 3 is 2.17 bits per heavy atom. The number of benzene rings is 2. The van der Waals surface area contributed by atoms with Crippen LogP contribution in [0.3, 0.4) is 0 Å². The fraction of sp³-hybridized carbons (Fsp3) is 0.316. The molecule has 1 heterocycles. The van der Waals surface area contributed by atoms with Crippen LogP contribution >= 0.6 is 0 Å². The molecule has 0 saturated heterocycles. The highest BCUT2D eigenvalue weighted by Gasteiger charge is 2.55. The maximum Gasteiger partial charge on any atom is 0.318 e. The highest BCUT2D eigenvalue weighted by Crippen LogP contribution is 2.51. The summed E-state index contributed by atoms with van der Waals surface area (Å²) in [5.74, 6) is 5.74. The second kappa shape index (κ2) is 5.18. The maximum absolute atomic E-state index is 13.0. The van der Waals surface area contributed by atoms with E-state index < -0.39 is 11.1 Å². The molecule has 1 fully saturated rings. The molecule has 2 aromatic carbocycles. The third kappa shape index (κ3) is 1.89. The molecule has 23 heavy (non-hydrogen) atoms. The third-order valence-corrected chi connectivity index (χ3v) is 5.30. The van der Waals surface area contributed by atoms with Crippen molar-refractivity contribution in [3.63, 3.8) is 0 Å². The Bertz CT molecular complexity index is 738. The minimum Gasteiger partial charge on any atom is -0.433 e. The summed E-state index contributed by atoms with van der Waals surface area (Å²) in [6.45, 7) is 0. The standard InChI is InChI=1S/C19H20N2O2/c20-21-19(14-8-2-1-3-9-14)16-11-5-4-10-15(16)18(17(22)23-19)12-6-7-13-18/h1-5,8-11,21H,6-7,12-13,20H2. The number of carbonyl (C=O) groups is 1. The van der Waals surface area contributed by atoms with E-state index in [1.807, 2.05) is 48.5 Å². The first-order valence-electron chi connectivity index (χ1n) is 8.10. The Morgan fingerprint density at radius 2 is 1.52 bits per heavy atom. The fourth-order valence-electron chi connectivity index (χ4n) is 4.14. The lowest BCUT2D eigenvalue weighted by Crippen LogP contribution is -2.58. The number of rotatable bonds is 2. The van der Waals surface area contributed by atoms with Crippen LogP contribution in [0.25, 0.3) is 0 Å². The molecule has 4 heteroatoms. The molecule has 2 aromatic rings. The van der Waals surface area contributed by atoms with Gasteiger partial charge in [0.15, 0.2) is 0 Å². The first-order chi connectivity index (χ1) is 11.2. The first-order valence-corrected chi connectivity index (χ1v) is 8.10. The Balaban J connectivity index is 1.98. The van der Waals surface area contributed by atoms with Gasteiger partial charge in [0.2, 0.25) is 5.72 Å². The van der Waals surface area contributed by atoms with E-state index in [0.717, 1.165) is 42.4 Å². The number of ether oxygens (including phenoxy) is 1. The monoisotopic (exact) mass is 308 g/mol. The normalized spacial score (nSPS) is 25.2. The van der Waals surface area contributed by atoms with E-state index in [1.165, 1.54) is 0 Å². The van der Waals surface area contributed by atoms with E-state index >= 15 is 0 Å². The van der Waals surface area contributed by atoms with E-state index in [2.05, 4.69) is 11.5 Å². The van der Waals surface area contributed by atoms with Crippen LogP contribution < -0.4 is 11.3 Å². The van der Waals surface area contributed by atoms with Gasteiger partial charge in [-0.15, -0.1) is 0 Å². The lowest BCUT2D eigenvalue weighted by atomic mass is 9.71. The molecule has 0 amide bonds. The van der Waals surface area contributed by atoms with Gasteiger partial charge < -0.3 is 4.74 Å². The van der Waals surface area contributed by atoms with Crippen LogP contribution in [-0.4, -0.2) is 5.97 Å². The summed E-state index contributed by atoms with van der Waals surface area (Å²) < 4.78 is 6.00. The van der Waals surface area contributed by atoms with Gasteiger partial charge in [-0.1, -0.05) is 67.4 Å². The van der Waals surface area contributed by atoms with Gasteiger partial charge in [-0.3, -0.25) is 10.6 Å². The number of hydrazine groups is 1. The van der Waals surface area contributed by atoms with Gasteiger partial charge in [-0.25, -0.2) is 5.43 Å². The molecule has 1 aliphatic heterocycles. The van der Waals surface area contributed by atoms with Crippen molar-refractivity contribution < 1.29 is 9.53 Å². The number of nitrogens with two attached hydrogens (primary N) is 1. The lowest BCUT2D eigenvalue weighted by molar-refractivity contribution is -0.171. The van der Waals surface area contributed by atoms with E-state index in [1.54, 1.807) is 0 Å². The van der Waals surface area contributed by atoms with Crippen molar-refractivity contribution >= 4 is 5.97 Å². The summed E-state index contributed by atoms with van der Waals surface area (Å²) in [6, 6.07) is 17.6. The molecule has 4 nitrogen and oxygen atoms in total. The zero-order valence-electron chi connectivity index (χ0n) is 12.9. The third-order valence-electron chi connectivity index (χ3n) is 5.30. The van der Waals surface area contributed by atoms with Gasteiger partial charge in [-0.2, -0.15) is 0 Å². The van der Waals surface area contributed by atoms with Gasteiger partial charge >= 0.3 is 5.97 Å². The van der Waals surface area contributed by atoms with Crippen LogP contribution in [0, 0.1) is 0 Å². The summed E-state index contributed by atoms with van der Waals surface area (Å²) in [5, 5.41) is 0. The molecule has 3 N–H and O–H groups in total. The predicted molar refractivity (Wildman–Crippen MR) is 87.2 cm³/mol. The van der Waals surface area contributed by atoms with Crippen LogP contribution in [0.4, 0.5) is 0 Å². The molecule has 1 unspecified atom stereocenters. The van der Waals surface area contributed by atoms with Gasteiger partial charge in [0.05, 0.1) is 5.41 Å². The summed E-state index contributed by atoms with van der Waals surface area (Å²) in [7, 11) is 0. The summed E-state index contributed by atoms with van der Waals surface area (Å²) in [6.07, 6.45) is 3.80. The van der Waals surface area contributed by atoms with Gasteiger partial charge in [0.25, 0.3) is 0 Å². The highest BCUT2D eigenvalue weighted by atomic mass is 16.6. The van der Waals surface area contributed by atoms with E-state index in [-0.39, 0.29) is 5.97 Å². The quantitative estimate of drug-likeness (QED) is 0.509. The Morgan fingerprint density at radius 1 is 0.913 bits per heavy atom. The van der Waals surface area contributed by atoms with Gasteiger partial charge in [0.1, 0.15) is 0 Å². The molecule has 1 spiro atoms. The first kappa shape index (κ1) is 14.4. The molecule has 1 saturated carbocycles. The number of hydrogen-bond acceptors (Lipinski definition) is 4. The zero-order valence-corrected chi connectivity index (χ0v) is 12.9. The van der Waals surface area contributed by atoms with Crippen molar-refractivity contribution in [1.29, 1.82) is 0 Å². The van der Waals surface area contributed by atoms with E-state index in [9.17, 15) is 4.79 Å². The topological polar surface area (TPSA) is 64.3 Å². The summed E-state index contributed by atoms with van der Waals surface area (Å²) in [5.41, 5.74) is 3.97. The lowest BCUT2D eigenvalue weighted by Gasteiger charge is -2.45. The van der Waals surface area contributed by atoms with Crippen molar-refractivity contribution in [3.8, 4) is 0 Å². The van der Waals surface area contributed by atoms with Crippen molar-refractivity contribution in [1.82, 2.24) is 5.43 Å². The molecular weight excluding hydrogens is 288 g/mol. The maximum atomic E-state index is 13.0. The molecule has 4 rings (SSSR count). The molecule has 118 valence electrons. The van der Waals surface area contributed by atoms with Crippen LogP contribution in [0.15, 0.2) is 54.6 Å². The van der Waals surface area contributed by atoms with Crippen molar-refractivity contribution in [2.45, 2.75) is 36.8 Å². The second-order valence-electron chi connectivity index (χ2n) is 6.42. The second-order valence-corrected chi connectivity index (χ2v) is 6.42. The molecule has 0 radical (unpaired) electrons.